The molecule has 18 heavy (non-hydrogen) atoms. The van der Waals surface area contributed by atoms with E-state index in [2.05, 4.69) is 24.0 Å². The van der Waals surface area contributed by atoms with Crippen LogP contribution in [0.1, 0.15) is 37.9 Å². The Bertz CT molecular complexity index is 394. The van der Waals surface area contributed by atoms with Crippen molar-refractivity contribution in [3.8, 4) is 0 Å². The third-order valence-electron chi connectivity index (χ3n) is 2.65. The van der Waals surface area contributed by atoms with E-state index in [9.17, 15) is 0 Å². The first-order chi connectivity index (χ1) is 8.67. The van der Waals surface area contributed by atoms with Crippen molar-refractivity contribution in [3.05, 3.63) is 29.6 Å². The van der Waals surface area contributed by atoms with E-state index in [0.717, 1.165) is 12.2 Å². The Balaban J connectivity index is 2.48. The summed E-state index contributed by atoms with van der Waals surface area (Å²) in [6.45, 7) is 5.61. The van der Waals surface area contributed by atoms with E-state index in [1.807, 2.05) is 6.07 Å². The molecule has 5 nitrogen and oxygen atoms in total. The second-order valence-corrected chi connectivity index (χ2v) is 4.44. The molecule has 5 heteroatoms. The summed E-state index contributed by atoms with van der Waals surface area (Å²) in [5, 5.41) is 11.5. The number of hydrogen-bond donors (Lipinski definition) is 2. The van der Waals surface area contributed by atoms with Gasteiger partial charge in [0.15, 0.2) is 5.84 Å². The zero-order chi connectivity index (χ0) is 13.4. The molecule has 0 spiro atoms. The zero-order valence-electron chi connectivity index (χ0n) is 11.0. The molecule has 1 rings (SSSR count). The van der Waals surface area contributed by atoms with Gasteiger partial charge in [-0.2, -0.15) is 0 Å². The smallest absolute Gasteiger partial charge is 0.188 e. The van der Waals surface area contributed by atoms with E-state index in [0.29, 0.717) is 18.2 Å². The minimum Gasteiger partial charge on any atom is -0.409 e. The maximum atomic E-state index is 8.58. The number of rotatable bonds is 7. The summed E-state index contributed by atoms with van der Waals surface area (Å²) < 4.78 is 5.63. The number of aromatic nitrogens is 1. The predicted molar refractivity (Wildman–Crippen MR) is 70.5 cm³/mol. The molecule has 0 bridgehead atoms. The van der Waals surface area contributed by atoms with Crippen molar-refractivity contribution in [1.82, 2.24) is 4.98 Å². The van der Waals surface area contributed by atoms with Gasteiger partial charge in [-0.3, -0.25) is 4.98 Å². The number of hydrogen-bond acceptors (Lipinski definition) is 4. The van der Waals surface area contributed by atoms with Gasteiger partial charge in [-0.1, -0.05) is 25.4 Å². The fourth-order valence-electron chi connectivity index (χ4n) is 1.71. The highest BCUT2D eigenvalue weighted by atomic mass is 16.5. The van der Waals surface area contributed by atoms with Gasteiger partial charge >= 0.3 is 0 Å². The lowest BCUT2D eigenvalue weighted by molar-refractivity contribution is 0.0893. The van der Waals surface area contributed by atoms with Crippen LogP contribution >= 0.6 is 0 Å². The van der Waals surface area contributed by atoms with Gasteiger partial charge in [-0.25, -0.2) is 0 Å². The summed E-state index contributed by atoms with van der Waals surface area (Å²) >= 11 is 0. The molecular weight excluding hydrogens is 230 g/mol. The molecule has 1 aromatic heterocycles. The summed E-state index contributed by atoms with van der Waals surface area (Å²) in [7, 11) is 0. The minimum absolute atomic E-state index is 0.0104. The number of nitrogens with zero attached hydrogens (tertiary/aromatic N) is 2. The Labute approximate surface area is 108 Å². The third kappa shape index (κ3) is 4.71. The third-order valence-corrected chi connectivity index (χ3v) is 2.65. The number of oxime groups is 1. The Morgan fingerprint density at radius 2 is 2.39 bits per heavy atom. The summed E-state index contributed by atoms with van der Waals surface area (Å²) in [6.07, 6.45) is 3.97. The van der Waals surface area contributed by atoms with Crippen molar-refractivity contribution in [2.24, 2.45) is 16.8 Å². The van der Waals surface area contributed by atoms with Crippen molar-refractivity contribution in [2.75, 3.05) is 6.61 Å². The van der Waals surface area contributed by atoms with E-state index < -0.39 is 0 Å². The van der Waals surface area contributed by atoms with Crippen molar-refractivity contribution in [1.29, 1.82) is 0 Å². The highest BCUT2D eigenvalue weighted by Crippen LogP contribution is 2.08. The molecule has 1 atom stereocenters. The molecule has 0 saturated carbocycles. The van der Waals surface area contributed by atoms with Crippen LogP contribution in [0.25, 0.3) is 0 Å². The molecule has 1 unspecified atom stereocenters. The molecule has 0 radical (unpaired) electrons. The fourth-order valence-corrected chi connectivity index (χ4v) is 1.71. The van der Waals surface area contributed by atoms with Gasteiger partial charge in [0.05, 0.1) is 6.61 Å². The largest absolute Gasteiger partial charge is 0.409 e. The topological polar surface area (TPSA) is 80.7 Å². The van der Waals surface area contributed by atoms with Gasteiger partial charge in [-0.15, -0.1) is 0 Å². The quantitative estimate of drug-likeness (QED) is 0.337. The lowest BCUT2D eigenvalue weighted by Crippen LogP contribution is -2.15. The van der Waals surface area contributed by atoms with Crippen LogP contribution < -0.4 is 5.73 Å². The van der Waals surface area contributed by atoms with Crippen molar-refractivity contribution in [2.45, 2.75) is 33.3 Å². The molecule has 0 aliphatic carbocycles. The van der Waals surface area contributed by atoms with Crippen LogP contribution in [-0.4, -0.2) is 22.6 Å². The molecule has 0 saturated heterocycles. The average Bonchev–Trinajstić information content (AvgIpc) is 2.38. The first kappa shape index (κ1) is 14.4. The molecular formula is C13H21N3O2. The average molecular weight is 251 g/mol. The molecule has 3 N–H and O–H groups in total. The summed E-state index contributed by atoms with van der Waals surface area (Å²) in [4.78, 5) is 4.01. The lowest BCUT2D eigenvalue weighted by Gasteiger charge is -2.11. The second-order valence-electron chi connectivity index (χ2n) is 4.44. The van der Waals surface area contributed by atoms with Crippen LogP contribution in [0, 0.1) is 5.92 Å². The number of nitrogens with two attached hydrogens (primary N) is 1. The van der Waals surface area contributed by atoms with Crippen molar-refractivity contribution >= 4 is 5.84 Å². The lowest BCUT2D eigenvalue weighted by atomic mass is 10.1. The van der Waals surface area contributed by atoms with Crippen LogP contribution in [0.15, 0.2) is 23.5 Å². The molecule has 100 valence electrons. The fraction of sp³-hybridized carbons (Fsp3) is 0.538. The molecule has 1 heterocycles. The van der Waals surface area contributed by atoms with E-state index in [1.54, 1.807) is 12.3 Å². The molecule has 0 aromatic carbocycles. The Hall–Kier alpha value is -1.62. The Morgan fingerprint density at radius 3 is 3.06 bits per heavy atom. The highest BCUT2D eigenvalue weighted by molar-refractivity contribution is 5.95. The van der Waals surface area contributed by atoms with E-state index in [4.69, 9.17) is 15.7 Å². The number of pyridine rings is 1. The van der Waals surface area contributed by atoms with Gasteiger partial charge < -0.3 is 15.7 Å². The van der Waals surface area contributed by atoms with E-state index in [1.165, 1.54) is 12.8 Å². The predicted octanol–water partition coefficient (Wildman–Crippen LogP) is 2.13. The maximum Gasteiger partial charge on any atom is 0.188 e. The number of ether oxygens (including phenoxy) is 1. The van der Waals surface area contributed by atoms with Crippen LogP contribution in [0.5, 0.6) is 0 Å². The van der Waals surface area contributed by atoms with Gasteiger partial charge in [0, 0.05) is 12.8 Å². The molecule has 0 aliphatic rings. The van der Waals surface area contributed by atoms with Gasteiger partial charge in [0.1, 0.15) is 5.69 Å². The van der Waals surface area contributed by atoms with Crippen LogP contribution in [0.2, 0.25) is 0 Å². The first-order valence-corrected chi connectivity index (χ1v) is 6.18. The van der Waals surface area contributed by atoms with Gasteiger partial charge in [0.2, 0.25) is 0 Å². The highest BCUT2D eigenvalue weighted by Gasteiger charge is 2.04. The van der Waals surface area contributed by atoms with Crippen molar-refractivity contribution < 1.29 is 9.94 Å². The Kier molecular flexibility index (Phi) is 6.14. The molecule has 0 fully saturated rings. The Morgan fingerprint density at radius 1 is 1.61 bits per heavy atom. The van der Waals surface area contributed by atoms with E-state index in [-0.39, 0.29) is 5.84 Å². The summed E-state index contributed by atoms with van der Waals surface area (Å²) in [6, 6.07) is 3.62. The normalized spacial score (nSPS) is 13.6. The first-order valence-electron chi connectivity index (χ1n) is 6.18. The molecule has 0 aliphatic heterocycles. The standard InChI is InChI=1S/C13H21N3O2/c1-3-4-10(2)8-18-9-11-5-6-15-12(7-11)13(14)16-17/h5-7,10,17H,3-4,8-9H2,1-2H3,(H2,14,16). The summed E-state index contributed by atoms with van der Waals surface area (Å²) in [5.74, 6) is 0.580. The van der Waals surface area contributed by atoms with Crippen molar-refractivity contribution in [3.63, 3.8) is 0 Å². The SMILES string of the molecule is CCCC(C)COCc1ccnc(/C(N)=N/O)c1. The monoisotopic (exact) mass is 251 g/mol. The maximum absolute atomic E-state index is 8.58. The second kappa shape index (κ2) is 7.66. The molecule has 1 aromatic rings. The summed E-state index contributed by atoms with van der Waals surface area (Å²) in [5.41, 5.74) is 6.90. The number of amidine groups is 1. The van der Waals surface area contributed by atoms with Crippen LogP contribution in [0.3, 0.4) is 0 Å². The minimum atomic E-state index is 0.0104. The zero-order valence-corrected chi connectivity index (χ0v) is 11.0. The molecule has 0 amide bonds. The van der Waals surface area contributed by atoms with Crippen LogP contribution in [0.4, 0.5) is 0 Å². The van der Waals surface area contributed by atoms with Gasteiger partial charge in [0.25, 0.3) is 0 Å². The van der Waals surface area contributed by atoms with Gasteiger partial charge in [-0.05, 0) is 30.0 Å². The van der Waals surface area contributed by atoms with E-state index >= 15 is 0 Å². The van der Waals surface area contributed by atoms with Crippen LogP contribution in [-0.2, 0) is 11.3 Å².